The Labute approximate surface area is 104 Å². The van der Waals surface area contributed by atoms with Gasteiger partial charge in [0.1, 0.15) is 17.1 Å². The fraction of sp³-hybridized carbons (Fsp3) is 0.273. The van der Waals surface area contributed by atoms with Gasteiger partial charge in [-0.05, 0) is 6.07 Å². The lowest BCUT2D eigenvalue weighted by Gasteiger charge is -2.26. The Hall–Kier alpha value is -1.46. The standard InChI is InChI=1S/C11H10FN3O.ClH/c12-7-4-8-9(14-5-7)15-10(16)11(8)2-1-3-13-6-11;/h1-2,4-5,13H,3,6H2,(H,14,15,16);1H. The van der Waals surface area contributed by atoms with E-state index in [2.05, 4.69) is 15.6 Å². The molecule has 0 saturated carbocycles. The molecule has 0 saturated heterocycles. The number of hydrogen-bond acceptors (Lipinski definition) is 3. The van der Waals surface area contributed by atoms with E-state index in [1.807, 2.05) is 12.2 Å². The fourth-order valence-electron chi connectivity index (χ4n) is 2.23. The Morgan fingerprint density at radius 3 is 3.00 bits per heavy atom. The molecule has 4 nitrogen and oxygen atoms in total. The summed E-state index contributed by atoms with van der Waals surface area (Å²) in [5.41, 5.74) is -0.177. The van der Waals surface area contributed by atoms with E-state index in [1.165, 1.54) is 6.07 Å². The van der Waals surface area contributed by atoms with Crippen LogP contribution in [-0.4, -0.2) is 24.0 Å². The summed E-state index contributed by atoms with van der Waals surface area (Å²) in [6, 6.07) is 1.37. The smallest absolute Gasteiger partial charge is 0.241 e. The van der Waals surface area contributed by atoms with Gasteiger partial charge in [0.25, 0.3) is 0 Å². The summed E-state index contributed by atoms with van der Waals surface area (Å²) < 4.78 is 13.2. The first kappa shape index (κ1) is 12.0. The summed E-state index contributed by atoms with van der Waals surface area (Å²) in [6.07, 6.45) is 4.81. The van der Waals surface area contributed by atoms with Crippen molar-refractivity contribution in [2.45, 2.75) is 5.41 Å². The molecule has 3 rings (SSSR count). The summed E-state index contributed by atoms with van der Waals surface area (Å²) in [5, 5.41) is 5.79. The van der Waals surface area contributed by atoms with Crippen molar-refractivity contribution in [1.29, 1.82) is 0 Å². The lowest BCUT2D eigenvalue weighted by atomic mass is 9.80. The highest BCUT2D eigenvalue weighted by Crippen LogP contribution is 2.38. The molecule has 2 N–H and O–H groups in total. The molecule has 2 aliphatic heterocycles. The van der Waals surface area contributed by atoms with Gasteiger partial charge in [-0.1, -0.05) is 12.2 Å². The molecular weight excluding hydrogens is 245 g/mol. The molecule has 1 aromatic heterocycles. The zero-order valence-electron chi connectivity index (χ0n) is 8.87. The molecule has 1 atom stereocenters. The number of anilines is 1. The van der Waals surface area contributed by atoms with Crippen LogP contribution in [0.3, 0.4) is 0 Å². The van der Waals surface area contributed by atoms with Crippen LogP contribution >= 0.6 is 12.4 Å². The molecule has 17 heavy (non-hydrogen) atoms. The van der Waals surface area contributed by atoms with E-state index in [0.29, 0.717) is 17.9 Å². The van der Waals surface area contributed by atoms with Gasteiger partial charge in [0, 0.05) is 18.7 Å². The van der Waals surface area contributed by atoms with Gasteiger partial charge in [-0.15, -0.1) is 12.4 Å². The minimum absolute atomic E-state index is 0. The van der Waals surface area contributed by atoms with Crippen molar-refractivity contribution in [2.24, 2.45) is 0 Å². The molecule has 6 heteroatoms. The first-order valence-electron chi connectivity index (χ1n) is 5.08. The molecule has 2 aliphatic rings. The molecule has 0 aromatic carbocycles. The molecule has 0 aliphatic carbocycles. The number of rotatable bonds is 0. The van der Waals surface area contributed by atoms with E-state index in [4.69, 9.17) is 0 Å². The van der Waals surface area contributed by atoms with Gasteiger partial charge in [-0.25, -0.2) is 9.37 Å². The number of nitrogens with one attached hydrogen (secondary N) is 2. The largest absolute Gasteiger partial charge is 0.312 e. The topological polar surface area (TPSA) is 54.0 Å². The second-order valence-electron chi connectivity index (χ2n) is 4.01. The molecule has 1 unspecified atom stereocenters. The van der Waals surface area contributed by atoms with E-state index in [0.717, 1.165) is 12.7 Å². The third kappa shape index (κ3) is 1.62. The number of carbonyl (C=O) groups excluding carboxylic acids is 1. The lowest BCUT2D eigenvalue weighted by Crippen LogP contribution is -2.45. The van der Waals surface area contributed by atoms with Crippen LogP contribution in [-0.2, 0) is 10.2 Å². The number of aromatic nitrogens is 1. The fourth-order valence-corrected chi connectivity index (χ4v) is 2.23. The molecule has 0 fully saturated rings. The Balaban J connectivity index is 0.00000108. The maximum Gasteiger partial charge on any atom is 0.241 e. The summed E-state index contributed by atoms with van der Waals surface area (Å²) in [7, 11) is 0. The summed E-state index contributed by atoms with van der Waals surface area (Å²) in [5.74, 6) is -0.114. The van der Waals surface area contributed by atoms with E-state index in [-0.39, 0.29) is 18.3 Å². The molecule has 3 heterocycles. The maximum absolute atomic E-state index is 13.2. The average Bonchev–Trinajstić information content (AvgIpc) is 2.55. The Morgan fingerprint density at radius 1 is 1.47 bits per heavy atom. The average molecular weight is 256 g/mol. The molecule has 1 spiro atoms. The van der Waals surface area contributed by atoms with Crippen molar-refractivity contribution in [1.82, 2.24) is 10.3 Å². The van der Waals surface area contributed by atoms with Crippen LogP contribution in [0.1, 0.15) is 5.56 Å². The number of pyridine rings is 1. The van der Waals surface area contributed by atoms with Crippen molar-refractivity contribution in [3.05, 3.63) is 35.8 Å². The van der Waals surface area contributed by atoms with E-state index >= 15 is 0 Å². The zero-order valence-corrected chi connectivity index (χ0v) is 9.68. The third-order valence-corrected chi connectivity index (χ3v) is 3.04. The number of nitrogens with zero attached hydrogens (tertiary/aromatic N) is 1. The van der Waals surface area contributed by atoms with Crippen LogP contribution in [0.25, 0.3) is 0 Å². The number of amides is 1. The molecule has 0 radical (unpaired) electrons. The second kappa shape index (κ2) is 4.09. The van der Waals surface area contributed by atoms with Gasteiger partial charge < -0.3 is 10.6 Å². The monoisotopic (exact) mass is 255 g/mol. The highest BCUT2D eigenvalue weighted by molar-refractivity contribution is 6.07. The molecule has 0 bridgehead atoms. The van der Waals surface area contributed by atoms with Gasteiger partial charge in [-0.2, -0.15) is 0 Å². The molecule has 1 amide bonds. The van der Waals surface area contributed by atoms with E-state index in [1.54, 1.807) is 0 Å². The first-order valence-corrected chi connectivity index (χ1v) is 5.08. The highest BCUT2D eigenvalue weighted by atomic mass is 35.5. The SMILES string of the molecule is Cl.O=C1Nc2ncc(F)cc2C12C=CCNC2. The minimum atomic E-state index is -0.789. The molecule has 90 valence electrons. The van der Waals surface area contributed by atoms with Crippen LogP contribution in [0.2, 0.25) is 0 Å². The first-order chi connectivity index (χ1) is 7.72. The quantitative estimate of drug-likeness (QED) is 0.680. The normalized spacial score (nSPS) is 25.4. The number of halogens is 2. The maximum atomic E-state index is 13.2. The van der Waals surface area contributed by atoms with Crippen LogP contribution in [0, 0.1) is 5.82 Å². The third-order valence-electron chi connectivity index (χ3n) is 3.04. The van der Waals surface area contributed by atoms with Gasteiger partial charge in [0.15, 0.2) is 0 Å². The summed E-state index contributed by atoms with van der Waals surface area (Å²) in [4.78, 5) is 15.8. The van der Waals surface area contributed by atoms with Crippen molar-refractivity contribution >= 4 is 24.1 Å². The highest BCUT2D eigenvalue weighted by Gasteiger charge is 2.46. The molecule has 1 aromatic rings. The lowest BCUT2D eigenvalue weighted by molar-refractivity contribution is -0.119. The Bertz CT molecular complexity index is 505. The van der Waals surface area contributed by atoms with Crippen LogP contribution in [0.4, 0.5) is 10.2 Å². The van der Waals surface area contributed by atoms with Crippen LogP contribution in [0.5, 0.6) is 0 Å². The van der Waals surface area contributed by atoms with Crippen molar-refractivity contribution in [3.8, 4) is 0 Å². The van der Waals surface area contributed by atoms with Crippen molar-refractivity contribution in [3.63, 3.8) is 0 Å². The number of hydrogen-bond donors (Lipinski definition) is 2. The van der Waals surface area contributed by atoms with Gasteiger partial charge >= 0.3 is 0 Å². The van der Waals surface area contributed by atoms with Crippen molar-refractivity contribution < 1.29 is 9.18 Å². The Kier molecular flexibility index (Phi) is 2.89. The van der Waals surface area contributed by atoms with E-state index < -0.39 is 11.2 Å². The van der Waals surface area contributed by atoms with E-state index in [9.17, 15) is 9.18 Å². The summed E-state index contributed by atoms with van der Waals surface area (Å²) in [6.45, 7) is 1.21. The Morgan fingerprint density at radius 2 is 2.29 bits per heavy atom. The van der Waals surface area contributed by atoms with Crippen LogP contribution < -0.4 is 10.6 Å². The minimum Gasteiger partial charge on any atom is -0.312 e. The van der Waals surface area contributed by atoms with Crippen molar-refractivity contribution in [2.75, 3.05) is 18.4 Å². The van der Waals surface area contributed by atoms with Crippen LogP contribution in [0.15, 0.2) is 24.4 Å². The predicted octanol–water partition coefficient (Wildman–Crippen LogP) is 0.992. The predicted molar refractivity (Wildman–Crippen MR) is 63.8 cm³/mol. The number of carbonyl (C=O) groups is 1. The van der Waals surface area contributed by atoms with Gasteiger partial charge in [-0.3, -0.25) is 4.79 Å². The second-order valence-corrected chi connectivity index (χ2v) is 4.01. The zero-order chi connectivity index (χ0) is 11.2. The van der Waals surface area contributed by atoms with Gasteiger partial charge in [0.05, 0.1) is 6.20 Å². The number of fused-ring (bicyclic) bond motifs is 2. The van der Waals surface area contributed by atoms with Gasteiger partial charge in [0.2, 0.25) is 5.91 Å². The summed E-state index contributed by atoms with van der Waals surface area (Å²) >= 11 is 0. The molecular formula is C11H11ClFN3O.